The number of benzene rings is 1. The molecular weight excluding hydrogens is 276 g/mol. The molecule has 110 valence electrons. The molecule has 1 fully saturated rings. The fourth-order valence-corrected chi connectivity index (χ4v) is 3.13. The second kappa shape index (κ2) is 6.93. The third-order valence-electron chi connectivity index (χ3n) is 4.18. The fraction of sp³-hybridized carbons (Fsp3) is 0.600. The van der Waals surface area contributed by atoms with Gasteiger partial charge in [0.25, 0.3) is 5.69 Å². The maximum absolute atomic E-state index is 10.8. The summed E-state index contributed by atoms with van der Waals surface area (Å²) >= 11 is 5.98. The minimum atomic E-state index is -0.366. The minimum absolute atomic E-state index is 0.116. The minimum Gasteiger partial charge on any atom is -0.371 e. The topological polar surface area (TPSA) is 46.4 Å². The monoisotopic (exact) mass is 296 g/mol. The van der Waals surface area contributed by atoms with Crippen LogP contribution in [0.3, 0.4) is 0 Å². The van der Waals surface area contributed by atoms with Gasteiger partial charge in [0.2, 0.25) is 0 Å². The van der Waals surface area contributed by atoms with Crippen LogP contribution in [0.2, 0.25) is 0 Å². The van der Waals surface area contributed by atoms with Gasteiger partial charge in [0.05, 0.1) is 4.92 Å². The van der Waals surface area contributed by atoms with E-state index in [9.17, 15) is 10.1 Å². The molecule has 0 radical (unpaired) electrons. The number of nitro benzene ring substituents is 1. The van der Waals surface area contributed by atoms with Crippen molar-refractivity contribution < 1.29 is 4.92 Å². The van der Waals surface area contributed by atoms with Gasteiger partial charge in [-0.3, -0.25) is 10.1 Å². The number of alkyl halides is 1. The summed E-state index contributed by atoms with van der Waals surface area (Å²) in [6.45, 7) is 4.27. The summed E-state index contributed by atoms with van der Waals surface area (Å²) < 4.78 is 0. The van der Waals surface area contributed by atoms with E-state index < -0.39 is 0 Å². The lowest BCUT2D eigenvalue weighted by molar-refractivity contribution is -0.384. The third-order valence-corrected chi connectivity index (χ3v) is 4.47. The van der Waals surface area contributed by atoms with Crippen molar-refractivity contribution in [2.75, 3.05) is 18.0 Å². The van der Waals surface area contributed by atoms with Gasteiger partial charge < -0.3 is 4.90 Å². The zero-order valence-corrected chi connectivity index (χ0v) is 12.6. The second-order valence-corrected chi connectivity index (χ2v) is 5.66. The molecule has 0 bridgehead atoms. The summed E-state index contributed by atoms with van der Waals surface area (Å²) in [6, 6.07) is 5.03. The van der Waals surface area contributed by atoms with Crippen LogP contribution in [-0.4, -0.2) is 18.0 Å². The smallest absolute Gasteiger partial charge is 0.269 e. The Hall–Kier alpha value is -1.29. The van der Waals surface area contributed by atoms with E-state index in [1.807, 2.05) is 6.07 Å². The van der Waals surface area contributed by atoms with Crippen molar-refractivity contribution in [1.82, 2.24) is 0 Å². The van der Waals surface area contributed by atoms with Crippen molar-refractivity contribution >= 4 is 23.0 Å². The molecule has 1 aliphatic heterocycles. The average Bonchev–Trinajstić information content (AvgIpc) is 2.71. The fourth-order valence-electron chi connectivity index (χ4n) is 2.92. The predicted molar refractivity (Wildman–Crippen MR) is 82.5 cm³/mol. The molecule has 4 nitrogen and oxygen atoms in total. The van der Waals surface area contributed by atoms with Crippen LogP contribution in [-0.2, 0) is 5.88 Å². The summed E-state index contributed by atoms with van der Waals surface area (Å²) in [5.41, 5.74) is 2.03. The Bertz CT molecular complexity index is 479. The highest BCUT2D eigenvalue weighted by Gasteiger charge is 2.19. The molecule has 0 N–H and O–H groups in total. The molecule has 1 aromatic rings. The Morgan fingerprint density at radius 2 is 2.20 bits per heavy atom. The lowest BCUT2D eigenvalue weighted by atomic mass is 9.98. The van der Waals surface area contributed by atoms with Crippen molar-refractivity contribution in [3.63, 3.8) is 0 Å². The Kier molecular flexibility index (Phi) is 5.24. The van der Waals surface area contributed by atoms with E-state index in [1.165, 1.54) is 25.7 Å². The first-order valence-electron chi connectivity index (χ1n) is 7.24. The zero-order chi connectivity index (χ0) is 14.5. The number of rotatable bonds is 4. The van der Waals surface area contributed by atoms with Gasteiger partial charge in [-0.15, -0.1) is 11.6 Å². The lowest BCUT2D eigenvalue weighted by Gasteiger charge is -2.25. The first-order chi connectivity index (χ1) is 9.65. The summed E-state index contributed by atoms with van der Waals surface area (Å²) in [4.78, 5) is 12.8. The molecule has 2 rings (SSSR count). The molecule has 1 aliphatic rings. The molecule has 5 heteroatoms. The molecule has 1 saturated heterocycles. The Labute approximate surface area is 124 Å². The molecule has 20 heavy (non-hydrogen) atoms. The van der Waals surface area contributed by atoms with Crippen LogP contribution in [0.25, 0.3) is 0 Å². The quantitative estimate of drug-likeness (QED) is 0.471. The third kappa shape index (κ3) is 3.42. The molecule has 0 aliphatic carbocycles. The van der Waals surface area contributed by atoms with Gasteiger partial charge in [0.15, 0.2) is 0 Å². The Morgan fingerprint density at radius 1 is 1.40 bits per heavy atom. The Balaban J connectivity index is 2.21. The van der Waals surface area contributed by atoms with Crippen molar-refractivity contribution in [3.8, 4) is 0 Å². The predicted octanol–water partition coefficient (Wildman–Crippen LogP) is 4.35. The molecule has 1 heterocycles. The summed E-state index contributed by atoms with van der Waals surface area (Å²) in [7, 11) is 0. The van der Waals surface area contributed by atoms with E-state index >= 15 is 0 Å². The number of non-ortho nitro benzene ring substituents is 1. The van der Waals surface area contributed by atoms with E-state index in [-0.39, 0.29) is 10.6 Å². The van der Waals surface area contributed by atoms with Crippen molar-refractivity contribution in [2.24, 2.45) is 5.92 Å². The van der Waals surface area contributed by atoms with Gasteiger partial charge in [-0.05, 0) is 36.8 Å². The van der Waals surface area contributed by atoms with E-state index in [4.69, 9.17) is 11.6 Å². The highest BCUT2D eigenvalue weighted by atomic mass is 35.5. The van der Waals surface area contributed by atoms with Crippen LogP contribution in [0.4, 0.5) is 11.4 Å². The van der Waals surface area contributed by atoms with Gasteiger partial charge in [0.1, 0.15) is 0 Å². The van der Waals surface area contributed by atoms with Gasteiger partial charge in [-0.2, -0.15) is 0 Å². The highest BCUT2D eigenvalue weighted by Crippen LogP contribution is 2.30. The standard InChI is InChI=1S/C15H21ClN2O2/c1-2-12-4-3-8-17(9-7-12)15-6-5-14(18(19)20)10-13(15)11-16/h5-6,10,12H,2-4,7-9,11H2,1H3. The highest BCUT2D eigenvalue weighted by molar-refractivity contribution is 6.17. The SMILES string of the molecule is CCC1CCCN(c2ccc([N+](=O)[O-])cc2CCl)CC1. The summed E-state index contributed by atoms with van der Waals surface area (Å²) in [5.74, 6) is 1.11. The van der Waals surface area contributed by atoms with Gasteiger partial charge >= 0.3 is 0 Å². The van der Waals surface area contributed by atoms with Crippen LogP contribution >= 0.6 is 11.6 Å². The van der Waals surface area contributed by atoms with Crippen LogP contribution in [0.5, 0.6) is 0 Å². The van der Waals surface area contributed by atoms with Crippen molar-refractivity contribution in [2.45, 2.75) is 38.5 Å². The number of halogens is 1. The maximum atomic E-state index is 10.8. The zero-order valence-electron chi connectivity index (χ0n) is 11.8. The van der Waals surface area contributed by atoms with Gasteiger partial charge in [-0.1, -0.05) is 13.3 Å². The molecule has 0 amide bonds. The molecule has 0 saturated carbocycles. The van der Waals surface area contributed by atoms with E-state index in [0.717, 1.165) is 30.3 Å². The van der Waals surface area contributed by atoms with Crippen LogP contribution < -0.4 is 4.90 Å². The molecular formula is C15H21ClN2O2. The van der Waals surface area contributed by atoms with Crippen LogP contribution in [0, 0.1) is 16.0 Å². The first-order valence-corrected chi connectivity index (χ1v) is 7.77. The number of nitrogens with zero attached hydrogens (tertiary/aromatic N) is 2. The first kappa shape index (κ1) is 15.1. The van der Waals surface area contributed by atoms with Gasteiger partial charge in [0, 0.05) is 36.8 Å². The van der Waals surface area contributed by atoms with Crippen molar-refractivity contribution in [3.05, 3.63) is 33.9 Å². The number of anilines is 1. The molecule has 0 spiro atoms. The number of nitro groups is 1. The lowest BCUT2D eigenvalue weighted by Crippen LogP contribution is -2.25. The maximum Gasteiger partial charge on any atom is 0.269 e. The summed E-state index contributed by atoms with van der Waals surface area (Å²) in [5, 5.41) is 10.8. The second-order valence-electron chi connectivity index (χ2n) is 5.40. The summed E-state index contributed by atoms with van der Waals surface area (Å²) in [6.07, 6.45) is 4.87. The molecule has 1 unspecified atom stereocenters. The van der Waals surface area contributed by atoms with Gasteiger partial charge in [-0.25, -0.2) is 0 Å². The van der Waals surface area contributed by atoms with Crippen LogP contribution in [0.15, 0.2) is 18.2 Å². The van der Waals surface area contributed by atoms with Crippen molar-refractivity contribution in [1.29, 1.82) is 0 Å². The van der Waals surface area contributed by atoms with E-state index in [1.54, 1.807) is 12.1 Å². The largest absolute Gasteiger partial charge is 0.371 e. The molecule has 0 aromatic heterocycles. The number of hydrogen-bond donors (Lipinski definition) is 0. The molecule has 1 aromatic carbocycles. The molecule has 1 atom stereocenters. The average molecular weight is 297 g/mol. The van der Waals surface area contributed by atoms with Crippen LogP contribution in [0.1, 0.15) is 38.2 Å². The normalized spacial score (nSPS) is 19.7. The number of hydrogen-bond acceptors (Lipinski definition) is 3. The van der Waals surface area contributed by atoms with E-state index in [2.05, 4.69) is 11.8 Å². The van der Waals surface area contributed by atoms with E-state index in [0.29, 0.717) is 5.88 Å². The Morgan fingerprint density at radius 3 is 2.85 bits per heavy atom.